The van der Waals surface area contributed by atoms with Crippen LogP contribution in [0, 0.1) is 0 Å². The number of fused-ring (bicyclic) bond motifs is 1. The van der Waals surface area contributed by atoms with Gasteiger partial charge in [0.1, 0.15) is 13.2 Å². The quantitative estimate of drug-likeness (QED) is 0.549. The van der Waals surface area contributed by atoms with Gasteiger partial charge in [-0.3, -0.25) is 14.5 Å². The fourth-order valence-electron chi connectivity index (χ4n) is 3.58. The minimum atomic E-state index is -3.76. The molecule has 2 fully saturated rings. The van der Waals surface area contributed by atoms with Crippen LogP contribution in [0.2, 0.25) is 0 Å². The molecule has 2 amide bonds. The van der Waals surface area contributed by atoms with Crippen molar-refractivity contribution in [2.45, 2.75) is 30.2 Å². The fraction of sp³-hybridized carbons (Fsp3) is 0.600. The van der Waals surface area contributed by atoms with Crippen LogP contribution in [0.3, 0.4) is 0 Å². The lowest BCUT2D eigenvalue weighted by Crippen LogP contribution is -2.51. The Kier molecular flexibility index (Phi) is 6.63. The van der Waals surface area contributed by atoms with Crippen LogP contribution in [0.25, 0.3) is 0 Å². The lowest BCUT2D eigenvalue weighted by molar-refractivity contribution is -0.133. The van der Waals surface area contributed by atoms with Gasteiger partial charge in [-0.15, -0.1) is 0 Å². The molecular formula is C20H28N4O6S. The highest BCUT2D eigenvalue weighted by Gasteiger charge is 2.26. The molecule has 170 valence electrons. The standard InChI is InChI=1S/C20H28N4O6S/c25-19(22-15-1-2-15)14-23-7-9-24(10-8-23)20(26)5-6-21-31(27,28)16-3-4-17-18(13-16)30-12-11-29-17/h3-4,13,15,21H,1-2,5-12,14H2,(H,22,25). The SMILES string of the molecule is O=C(CN1CCN(C(=O)CCNS(=O)(=O)c2ccc3c(c2)OCCO3)CC1)NC1CC1. The second kappa shape index (κ2) is 9.41. The normalized spacial score (nSPS) is 19.2. The Bertz CT molecular complexity index is 926. The molecule has 3 aliphatic rings. The summed E-state index contributed by atoms with van der Waals surface area (Å²) in [6, 6.07) is 4.80. The van der Waals surface area contributed by atoms with Gasteiger partial charge in [0.15, 0.2) is 11.5 Å². The van der Waals surface area contributed by atoms with Gasteiger partial charge in [-0.25, -0.2) is 13.1 Å². The summed E-state index contributed by atoms with van der Waals surface area (Å²) in [6.07, 6.45) is 2.20. The highest BCUT2D eigenvalue weighted by molar-refractivity contribution is 7.89. The van der Waals surface area contributed by atoms with E-state index in [1.54, 1.807) is 11.0 Å². The summed E-state index contributed by atoms with van der Waals surface area (Å²) in [4.78, 5) is 28.2. The fourth-order valence-corrected chi connectivity index (χ4v) is 4.63. The number of benzene rings is 1. The number of hydrogen-bond donors (Lipinski definition) is 2. The summed E-state index contributed by atoms with van der Waals surface area (Å²) in [7, 11) is -3.76. The zero-order chi connectivity index (χ0) is 21.8. The van der Waals surface area contributed by atoms with Crippen molar-refractivity contribution in [3.63, 3.8) is 0 Å². The van der Waals surface area contributed by atoms with Gasteiger partial charge in [-0.1, -0.05) is 0 Å². The molecule has 0 aromatic heterocycles. The summed E-state index contributed by atoms with van der Waals surface area (Å²) in [5.41, 5.74) is 0. The Balaban J connectivity index is 1.20. The predicted octanol–water partition coefficient (Wildman–Crippen LogP) is -0.451. The monoisotopic (exact) mass is 452 g/mol. The van der Waals surface area contributed by atoms with Gasteiger partial charge < -0.3 is 19.7 Å². The highest BCUT2D eigenvalue weighted by atomic mass is 32.2. The molecule has 11 heteroatoms. The van der Waals surface area contributed by atoms with E-state index in [0.29, 0.717) is 63.5 Å². The molecule has 4 rings (SSSR count). The molecule has 1 saturated carbocycles. The first-order valence-corrected chi connectivity index (χ1v) is 12.1. The van der Waals surface area contributed by atoms with Crippen LogP contribution in [0.5, 0.6) is 11.5 Å². The van der Waals surface area contributed by atoms with E-state index < -0.39 is 10.0 Å². The number of hydrogen-bond acceptors (Lipinski definition) is 7. The maximum absolute atomic E-state index is 12.5. The molecule has 2 N–H and O–H groups in total. The number of piperazine rings is 1. The van der Waals surface area contributed by atoms with Gasteiger partial charge in [0, 0.05) is 51.3 Å². The first-order chi connectivity index (χ1) is 14.9. The summed E-state index contributed by atoms with van der Waals surface area (Å²) in [5, 5.41) is 2.97. The minimum absolute atomic E-state index is 0.0135. The third-order valence-corrected chi connectivity index (χ3v) is 6.95. The van der Waals surface area contributed by atoms with E-state index >= 15 is 0 Å². The lowest BCUT2D eigenvalue weighted by atomic mass is 10.2. The van der Waals surface area contributed by atoms with E-state index in [0.717, 1.165) is 12.8 Å². The zero-order valence-electron chi connectivity index (χ0n) is 17.3. The number of amides is 2. The molecule has 10 nitrogen and oxygen atoms in total. The van der Waals surface area contributed by atoms with Crippen molar-refractivity contribution in [3.8, 4) is 11.5 Å². The molecule has 2 aliphatic heterocycles. The van der Waals surface area contributed by atoms with Crippen molar-refractivity contribution in [1.29, 1.82) is 0 Å². The van der Waals surface area contributed by atoms with Gasteiger partial charge in [0.25, 0.3) is 0 Å². The van der Waals surface area contributed by atoms with Gasteiger partial charge in [-0.2, -0.15) is 0 Å². The van der Waals surface area contributed by atoms with Crippen LogP contribution in [0.4, 0.5) is 0 Å². The first-order valence-electron chi connectivity index (χ1n) is 10.6. The number of nitrogens with zero attached hydrogens (tertiary/aromatic N) is 2. The average molecular weight is 453 g/mol. The van der Waals surface area contributed by atoms with E-state index in [1.807, 2.05) is 4.90 Å². The van der Waals surface area contributed by atoms with Gasteiger partial charge in [0.05, 0.1) is 11.4 Å². The Morgan fingerprint density at radius 2 is 1.74 bits per heavy atom. The minimum Gasteiger partial charge on any atom is -0.486 e. The largest absolute Gasteiger partial charge is 0.486 e. The zero-order valence-corrected chi connectivity index (χ0v) is 18.2. The third kappa shape index (κ3) is 5.86. The molecule has 0 radical (unpaired) electrons. The topological polar surface area (TPSA) is 117 Å². The highest BCUT2D eigenvalue weighted by Crippen LogP contribution is 2.32. The first kappa shape index (κ1) is 21.8. The van der Waals surface area contributed by atoms with Crippen LogP contribution < -0.4 is 19.5 Å². The number of nitrogens with one attached hydrogen (secondary N) is 2. The third-order valence-electron chi connectivity index (χ3n) is 5.49. The molecule has 1 saturated heterocycles. The van der Waals surface area contributed by atoms with E-state index in [4.69, 9.17) is 9.47 Å². The Morgan fingerprint density at radius 1 is 1.03 bits per heavy atom. The van der Waals surface area contributed by atoms with Gasteiger partial charge >= 0.3 is 0 Å². The summed E-state index contributed by atoms with van der Waals surface area (Å²) >= 11 is 0. The van der Waals surface area contributed by atoms with Crippen molar-refractivity contribution in [3.05, 3.63) is 18.2 Å². The maximum atomic E-state index is 12.5. The summed E-state index contributed by atoms with van der Waals surface area (Å²) < 4.78 is 38.4. The second-order valence-corrected chi connectivity index (χ2v) is 9.72. The van der Waals surface area contributed by atoms with E-state index in [-0.39, 0.29) is 29.7 Å². The van der Waals surface area contributed by atoms with E-state index in [9.17, 15) is 18.0 Å². The number of sulfonamides is 1. The Morgan fingerprint density at radius 3 is 2.45 bits per heavy atom. The van der Waals surface area contributed by atoms with E-state index in [1.165, 1.54) is 12.1 Å². The van der Waals surface area contributed by atoms with E-state index in [2.05, 4.69) is 10.0 Å². The molecule has 0 bridgehead atoms. The number of carbonyl (C=O) groups is 2. The van der Waals surface area contributed by atoms with Crippen LogP contribution >= 0.6 is 0 Å². The van der Waals surface area contributed by atoms with Crippen LogP contribution in [-0.4, -0.2) is 88.6 Å². The molecule has 1 aliphatic carbocycles. The molecule has 2 heterocycles. The van der Waals surface area contributed by atoms with Crippen LogP contribution in [-0.2, 0) is 19.6 Å². The second-order valence-electron chi connectivity index (χ2n) is 7.95. The van der Waals surface area contributed by atoms with Gasteiger partial charge in [0.2, 0.25) is 21.8 Å². The Labute approximate surface area is 181 Å². The molecule has 0 spiro atoms. The summed E-state index contributed by atoms with van der Waals surface area (Å²) in [5.74, 6) is 0.848. The molecule has 31 heavy (non-hydrogen) atoms. The molecule has 1 aromatic rings. The lowest BCUT2D eigenvalue weighted by Gasteiger charge is -2.34. The van der Waals surface area contributed by atoms with Crippen LogP contribution in [0.1, 0.15) is 19.3 Å². The average Bonchev–Trinajstić information content (AvgIpc) is 3.57. The van der Waals surface area contributed by atoms with Crippen molar-refractivity contribution in [2.75, 3.05) is 52.5 Å². The van der Waals surface area contributed by atoms with Crippen LogP contribution in [0.15, 0.2) is 23.1 Å². The Hall–Kier alpha value is -2.37. The van der Waals surface area contributed by atoms with Crippen molar-refractivity contribution < 1.29 is 27.5 Å². The maximum Gasteiger partial charge on any atom is 0.240 e. The molecule has 1 aromatic carbocycles. The van der Waals surface area contributed by atoms with Crippen molar-refractivity contribution in [2.24, 2.45) is 0 Å². The number of carbonyl (C=O) groups excluding carboxylic acids is 2. The smallest absolute Gasteiger partial charge is 0.240 e. The predicted molar refractivity (Wildman–Crippen MR) is 111 cm³/mol. The number of ether oxygens (including phenoxy) is 2. The van der Waals surface area contributed by atoms with Crippen molar-refractivity contribution >= 4 is 21.8 Å². The summed E-state index contributed by atoms with van der Waals surface area (Å²) in [6.45, 7) is 3.50. The molecule has 0 atom stereocenters. The van der Waals surface area contributed by atoms with Crippen molar-refractivity contribution in [1.82, 2.24) is 19.8 Å². The molecular weight excluding hydrogens is 424 g/mol. The molecule has 0 unspecified atom stereocenters. The number of rotatable bonds is 8. The van der Waals surface area contributed by atoms with Gasteiger partial charge in [-0.05, 0) is 25.0 Å².